The molecule has 11 heteroatoms. The van der Waals surface area contributed by atoms with Gasteiger partial charge in [-0.3, -0.25) is 18.6 Å². The van der Waals surface area contributed by atoms with Crippen molar-refractivity contribution in [3.63, 3.8) is 0 Å². The average molecular weight is 846 g/mol. The van der Waals surface area contributed by atoms with Crippen molar-refractivity contribution >= 4 is 19.8 Å². The number of phosphoric acid groups is 1. The lowest BCUT2D eigenvalue weighted by Crippen LogP contribution is -2.34. The van der Waals surface area contributed by atoms with E-state index in [1.165, 1.54) is 57.8 Å². The van der Waals surface area contributed by atoms with Crippen LogP contribution < -0.4 is 5.73 Å². The summed E-state index contributed by atoms with van der Waals surface area (Å²) in [6, 6.07) is -1.49. The summed E-state index contributed by atoms with van der Waals surface area (Å²) in [5.41, 5.74) is 5.35. The molecule has 3 unspecified atom stereocenters. The van der Waals surface area contributed by atoms with Crippen molar-refractivity contribution in [1.82, 2.24) is 0 Å². The van der Waals surface area contributed by atoms with Gasteiger partial charge in [0, 0.05) is 13.0 Å². The summed E-state index contributed by atoms with van der Waals surface area (Å²) >= 11 is 0. The molecular formula is C48H80NO9P. The Kier molecular flexibility index (Phi) is 40.7. The summed E-state index contributed by atoms with van der Waals surface area (Å²) < 4.78 is 33.3. The van der Waals surface area contributed by atoms with E-state index in [1.807, 2.05) is 12.2 Å². The van der Waals surface area contributed by atoms with Gasteiger partial charge in [0.1, 0.15) is 12.1 Å². The first kappa shape index (κ1) is 55.9. The lowest BCUT2D eigenvalue weighted by atomic mass is 10.1. The molecule has 0 aromatic heterocycles. The Balaban J connectivity index is 4.23. The summed E-state index contributed by atoms with van der Waals surface area (Å²) in [5.74, 6) is -1.87. The number of rotatable bonds is 41. The Morgan fingerprint density at radius 1 is 0.542 bits per heavy atom. The van der Waals surface area contributed by atoms with Crippen LogP contribution in [0.4, 0.5) is 0 Å². The van der Waals surface area contributed by atoms with Gasteiger partial charge in [-0.15, -0.1) is 0 Å². The van der Waals surface area contributed by atoms with Crippen LogP contribution in [0.15, 0.2) is 97.2 Å². The van der Waals surface area contributed by atoms with Crippen LogP contribution in [0.25, 0.3) is 0 Å². The van der Waals surface area contributed by atoms with E-state index in [0.717, 1.165) is 70.6 Å². The summed E-state index contributed by atoms with van der Waals surface area (Å²) in [5, 5.41) is 8.89. The van der Waals surface area contributed by atoms with Gasteiger partial charge in [0.05, 0.1) is 19.8 Å². The van der Waals surface area contributed by atoms with Crippen LogP contribution in [0.2, 0.25) is 0 Å². The summed E-state index contributed by atoms with van der Waals surface area (Å²) in [7, 11) is -4.64. The molecule has 0 amide bonds. The normalized spacial score (nSPS) is 14.8. The highest BCUT2D eigenvalue weighted by Crippen LogP contribution is 2.43. The maximum absolute atomic E-state index is 12.6. The number of carboxylic acid groups (broad SMARTS) is 1. The van der Waals surface area contributed by atoms with E-state index in [0.29, 0.717) is 13.0 Å². The van der Waals surface area contributed by atoms with Gasteiger partial charge >= 0.3 is 19.8 Å². The van der Waals surface area contributed by atoms with E-state index in [1.54, 1.807) is 0 Å². The molecule has 10 nitrogen and oxygen atoms in total. The molecule has 0 saturated heterocycles. The van der Waals surface area contributed by atoms with E-state index >= 15 is 0 Å². The van der Waals surface area contributed by atoms with E-state index in [2.05, 4.69) is 98.9 Å². The minimum atomic E-state index is -4.64. The molecule has 0 bridgehead atoms. The lowest BCUT2D eigenvalue weighted by Gasteiger charge is -2.20. The van der Waals surface area contributed by atoms with E-state index in [-0.39, 0.29) is 13.0 Å². The highest BCUT2D eigenvalue weighted by atomic mass is 31.2. The Hall–Kier alpha value is -3.11. The van der Waals surface area contributed by atoms with Gasteiger partial charge < -0.3 is 25.2 Å². The smallest absolute Gasteiger partial charge is 0.472 e. The minimum absolute atomic E-state index is 0.0200. The van der Waals surface area contributed by atoms with Crippen molar-refractivity contribution in [2.75, 3.05) is 26.4 Å². The number of carbonyl (C=O) groups is 2. The molecule has 0 radical (unpaired) electrons. The van der Waals surface area contributed by atoms with Crippen molar-refractivity contribution in [1.29, 1.82) is 0 Å². The molecule has 59 heavy (non-hydrogen) atoms. The van der Waals surface area contributed by atoms with E-state index in [9.17, 15) is 19.0 Å². The fourth-order valence-electron chi connectivity index (χ4n) is 5.49. The summed E-state index contributed by atoms with van der Waals surface area (Å²) in [6.07, 6.45) is 56.3. The van der Waals surface area contributed by atoms with Crippen LogP contribution in [0, 0.1) is 0 Å². The highest BCUT2D eigenvalue weighted by molar-refractivity contribution is 7.47. The standard InChI is InChI=1S/C48H80NO9P/c1-3-5-7-9-11-13-15-17-18-19-20-21-22-23-24-25-26-27-29-31-33-35-37-39-41-55-42-45(43-56-59(53,54)57-44-46(49)48(51)52)58-47(50)40-38-36-34-32-30-28-16-14-12-10-8-6-4-2/h5-8,11-14,17-18,20-21,28,30,34,36,45-46H,3-4,9-10,15-16,19,22-27,29,31-33,35,37-44,49H2,1-2H3,(H,51,52)(H,53,54)/b7-5-,8-6-,13-11-,14-12-,18-17-,21-20-,30-28-,36-34-. The van der Waals surface area contributed by atoms with Crippen molar-refractivity contribution in [2.24, 2.45) is 5.73 Å². The number of aliphatic carboxylic acids is 1. The summed E-state index contributed by atoms with van der Waals surface area (Å²) in [6.45, 7) is 3.53. The van der Waals surface area contributed by atoms with Gasteiger partial charge in [-0.25, -0.2) is 4.57 Å². The zero-order valence-electron chi connectivity index (χ0n) is 36.6. The Morgan fingerprint density at radius 2 is 0.932 bits per heavy atom. The maximum atomic E-state index is 12.6. The number of carboxylic acids is 1. The number of esters is 1. The van der Waals surface area contributed by atoms with Crippen molar-refractivity contribution in [3.8, 4) is 0 Å². The van der Waals surface area contributed by atoms with Crippen molar-refractivity contribution in [3.05, 3.63) is 97.2 Å². The second-order valence-corrected chi connectivity index (χ2v) is 15.9. The second kappa shape index (κ2) is 43.0. The molecule has 0 heterocycles. The Labute approximate surface area is 358 Å². The maximum Gasteiger partial charge on any atom is 0.472 e. The number of ether oxygens (including phenoxy) is 2. The third-order valence-electron chi connectivity index (χ3n) is 8.87. The van der Waals surface area contributed by atoms with Gasteiger partial charge in [-0.2, -0.15) is 0 Å². The molecule has 0 aromatic carbocycles. The number of hydrogen-bond donors (Lipinski definition) is 3. The quantitative estimate of drug-likeness (QED) is 0.0234. The number of hydrogen-bond acceptors (Lipinski definition) is 8. The van der Waals surface area contributed by atoms with Crippen LogP contribution in [0.5, 0.6) is 0 Å². The summed E-state index contributed by atoms with van der Waals surface area (Å²) in [4.78, 5) is 33.5. The third kappa shape index (κ3) is 42.8. The first-order valence-corrected chi connectivity index (χ1v) is 23.8. The minimum Gasteiger partial charge on any atom is -0.480 e. The number of nitrogens with two attached hydrogens (primary N) is 1. The largest absolute Gasteiger partial charge is 0.480 e. The first-order valence-electron chi connectivity index (χ1n) is 22.3. The molecule has 0 saturated carbocycles. The van der Waals surface area contributed by atoms with Crippen LogP contribution in [0.3, 0.4) is 0 Å². The zero-order valence-corrected chi connectivity index (χ0v) is 37.4. The molecule has 0 aliphatic rings. The Bertz CT molecular complexity index is 1300. The molecular weight excluding hydrogens is 765 g/mol. The van der Waals surface area contributed by atoms with Crippen LogP contribution >= 0.6 is 7.82 Å². The topological polar surface area (TPSA) is 155 Å². The van der Waals surface area contributed by atoms with Crippen molar-refractivity contribution < 1.29 is 42.7 Å². The van der Waals surface area contributed by atoms with Crippen LogP contribution in [-0.2, 0) is 32.7 Å². The Morgan fingerprint density at radius 3 is 1.39 bits per heavy atom. The molecule has 0 aliphatic heterocycles. The first-order chi connectivity index (χ1) is 28.7. The second-order valence-electron chi connectivity index (χ2n) is 14.4. The van der Waals surface area contributed by atoms with Crippen LogP contribution in [-0.4, -0.2) is 60.5 Å². The zero-order chi connectivity index (χ0) is 43.3. The average Bonchev–Trinajstić information content (AvgIpc) is 3.21. The molecule has 0 rings (SSSR count). The number of allylic oxidation sites excluding steroid dienone is 16. The van der Waals surface area contributed by atoms with Gasteiger partial charge in [0.15, 0.2) is 0 Å². The highest BCUT2D eigenvalue weighted by Gasteiger charge is 2.27. The SMILES string of the molecule is CC/C=C\C/C=C\C/C=C\C/C=C\CCCCCCCCCCCCCOCC(COP(=O)(O)OCC(N)C(=O)O)OC(=O)CC/C=C\C/C=C\C/C=C\C/C=C\CC. The lowest BCUT2D eigenvalue weighted by molar-refractivity contribution is -0.154. The fourth-order valence-corrected chi connectivity index (χ4v) is 6.27. The molecule has 336 valence electrons. The van der Waals surface area contributed by atoms with Gasteiger partial charge in [0.2, 0.25) is 0 Å². The van der Waals surface area contributed by atoms with Gasteiger partial charge in [0.25, 0.3) is 0 Å². The van der Waals surface area contributed by atoms with Crippen molar-refractivity contribution in [2.45, 2.75) is 167 Å². The molecule has 0 aliphatic carbocycles. The fraction of sp³-hybridized carbons (Fsp3) is 0.625. The van der Waals surface area contributed by atoms with Crippen LogP contribution in [0.1, 0.15) is 155 Å². The molecule has 3 atom stereocenters. The number of carbonyl (C=O) groups excluding carboxylic acids is 1. The van der Waals surface area contributed by atoms with Gasteiger partial charge in [-0.1, -0.05) is 169 Å². The third-order valence-corrected chi connectivity index (χ3v) is 9.82. The van der Waals surface area contributed by atoms with Gasteiger partial charge in [-0.05, 0) is 77.0 Å². The number of phosphoric ester groups is 1. The van der Waals surface area contributed by atoms with E-state index < -0.39 is 45.1 Å². The predicted octanol–water partition coefficient (Wildman–Crippen LogP) is 12.5. The number of unbranched alkanes of at least 4 members (excludes halogenated alkanes) is 11. The molecule has 0 spiro atoms. The molecule has 0 fully saturated rings. The predicted molar refractivity (Wildman–Crippen MR) is 244 cm³/mol. The monoisotopic (exact) mass is 846 g/mol. The molecule has 4 N–H and O–H groups in total. The van der Waals surface area contributed by atoms with E-state index in [4.69, 9.17) is 29.4 Å². The molecule has 0 aromatic rings.